The fourth-order valence-electron chi connectivity index (χ4n) is 1.55. The molecule has 6 heteroatoms. The van der Waals surface area contributed by atoms with Crippen LogP contribution in [0, 0.1) is 18.3 Å². The maximum Gasteiger partial charge on any atom is 0.216 e. The van der Waals surface area contributed by atoms with Gasteiger partial charge in [0.1, 0.15) is 11.8 Å². The van der Waals surface area contributed by atoms with Crippen molar-refractivity contribution in [3.05, 3.63) is 57.3 Å². The first-order valence-corrected chi connectivity index (χ1v) is 7.90. The highest BCUT2D eigenvalue weighted by molar-refractivity contribution is 9.10. The zero-order valence-corrected chi connectivity index (χ0v) is 12.9. The van der Waals surface area contributed by atoms with E-state index in [9.17, 15) is 8.42 Å². The van der Waals surface area contributed by atoms with E-state index in [0.717, 1.165) is 5.56 Å². The van der Waals surface area contributed by atoms with Gasteiger partial charge in [0.05, 0.1) is 4.90 Å². The Morgan fingerprint density at radius 3 is 2.40 bits per heavy atom. The van der Waals surface area contributed by atoms with Gasteiger partial charge < -0.3 is 4.42 Å². The van der Waals surface area contributed by atoms with Gasteiger partial charge in [-0.1, -0.05) is 17.7 Å². The van der Waals surface area contributed by atoms with Gasteiger partial charge in [-0.25, -0.2) is 8.42 Å². The van der Waals surface area contributed by atoms with Crippen molar-refractivity contribution in [1.82, 2.24) is 0 Å². The number of aryl methyl sites for hydroxylation is 1. The van der Waals surface area contributed by atoms with Crippen molar-refractivity contribution in [2.45, 2.75) is 11.8 Å². The van der Waals surface area contributed by atoms with Crippen molar-refractivity contribution in [3.8, 4) is 6.07 Å². The summed E-state index contributed by atoms with van der Waals surface area (Å²) < 4.78 is 30.3. The molecule has 1 aromatic heterocycles. The molecule has 0 unspecified atom stereocenters. The normalized spacial score (nSPS) is 12.2. The molecule has 0 spiro atoms. The maximum atomic E-state index is 12.3. The van der Waals surface area contributed by atoms with Gasteiger partial charge >= 0.3 is 0 Å². The molecule has 0 aliphatic carbocycles. The van der Waals surface area contributed by atoms with Crippen LogP contribution in [-0.2, 0) is 9.84 Å². The van der Waals surface area contributed by atoms with E-state index < -0.39 is 9.84 Å². The molecule has 0 bridgehead atoms. The predicted molar refractivity (Wildman–Crippen MR) is 78.4 cm³/mol. The molecule has 20 heavy (non-hydrogen) atoms. The van der Waals surface area contributed by atoms with Gasteiger partial charge in [0, 0.05) is 6.08 Å². The van der Waals surface area contributed by atoms with Crippen molar-refractivity contribution in [2.24, 2.45) is 0 Å². The lowest BCUT2D eigenvalue weighted by atomic mass is 10.2. The van der Waals surface area contributed by atoms with Crippen molar-refractivity contribution >= 4 is 31.8 Å². The molecule has 2 aromatic rings. The Bertz CT molecular complexity index is 796. The van der Waals surface area contributed by atoms with Crippen LogP contribution < -0.4 is 0 Å². The fourth-order valence-corrected chi connectivity index (χ4v) is 3.01. The molecule has 0 saturated carbocycles. The molecule has 0 fully saturated rings. The van der Waals surface area contributed by atoms with Crippen LogP contribution in [0.4, 0.5) is 0 Å². The van der Waals surface area contributed by atoms with Crippen LogP contribution in [0.15, 0.2) is 55.3 Å². The van der Waals surface area contributed by atoms with Gasteiger partial charge in [-0.15, -0.1) is 0 Å². The molecule has 0 aliphatic heterocycles. The maximum absolute atomic E-state index is 12.3. The Kier molecular flexibility index (Phi) is 4.12. The van der Waals surface area contributed by atoms with Crippen molar-refractivity contribution < 1.29 is 12.8 Å². The molecule has 0 N–H and O–H groups in total. The lowest BCUT2D eigenvalue weighted by Crippen LogP contribution is -2.03. The van der Waals surface area contributed by atoms with E-state index >= 15 is 0 Å². The zero-order valence-electron chi connectivity index (χ0n) is 10.5. The van der Waals surface area contributed by atoms with Gasteiger partial charge in [-0.05, 0) is 47.1 Å². The Morgan fingerprint density at radius 2 is 1.90 bits per heavy atom. The summed E-state index contributed by atoms with van der Waals surface area (Å²) in [4.78, 5) is -0.273. The van der Waals surface area contributed by atoms with Gasteiger partial charge in [-0.2, -0.15) is 5.26 Å². The topological polar surface area (TPSA) is 71.1 Å². The largest absolute Gasteiger partial charge is 0.450 e. The molecule has 0 aliphatic rings. The summed E-state index contributed by atoms with van der Waals surface area (Å²) in [5.41, 5.74) is 0.946. The molecule has 0 amide bonds. The number of nitriles is 1. The van der Waals surface area contributed by atoms with E-state index in [4.69, 9.17) is 9.68 Å². The third kappa shape index (κ3) is 3.00. The molecule has 102 valence electrons. The average Bonchev–Trinajstić information content (AvgIpc) is 2.82. The molecule has 0 saturated heterocycles. The number of sulfone groups is 1. The van der Waals surface area contributed by atoms with Gasteiger partial charge in [-0.3, -0.25) is 0 Å². The predicted octanol–water partition coefficient (Wildman–Crippen LogP) is 3.69. The number of rotatable bonds is 3. The summed E-state index contributed by atoms with van der Waals surface area (Å²) in [6, 6.07) is 11.2. The number of halogens is 1. The number of hydrogen-bond donors (Lipinski definition) is 0. The molecule has 0 atom stereocenters. The number of allylic oxidation sites excluding steroid dienone is 1. The summed E-state index contributed by atoms with van der Waals surface area (Å²) in [7, 11) is -3.83. The van der Waals surface area contributed by atoms with Gasteiger partial charge in [0.15, 0.2) is 9.57 Å². The van der Waals surface area contributed by atoms with E-state index in [0.29, 0.717) is 10.4 Å². The summed E-state index contributed by atoms with van der Waals surface area (Å²) in [5, 5.41) is 9.09. The number of furan rings is 1. The fraction of sp³-hybridized carbons (Fsp3) is 0.0714. The standard InChI is InChI=1S/C14H10BrNO3S/c1-10-2-5-12(6-3-10)20(17,18)13(9-16)8-11-4-7-14(15)19-11/h2-8H,1H3. The molecule has 1 heterocycles. The van der Waals surface area contributed by atoms with Crippen LogP contribution in [0.1, 0.15) is 11.3 Å². The van der Waals surface area contributed by atoms with Crippen LogP contribution in [0.5, 0.6) is 0 Å². The molecule has 0 radical (unpaired) electrons. The second-order valence-electron chi connectivity index (χ2n) is 4.08. The smallest absolute Gasteiger partial charge is 0.216 e. The number of benzene rings is 1. The minimum Gasteiger partial charge on any atom is -0.450 e. The van der Waals surface area contributed by atoms with Crippen LogP contribution in [0.3, 0.4) is 0 Å². The summed E-state index contributed by atoms with van der Waals surface area (Å²) in [5.74, 6) is 0.295. The minimum atomic E-state index is -3.83. The summed E-state index contributed by atoms with van der Waals surface area (Å²) in [6.07, 6.45) is 1.21. The number of hydrogen-bond acceptors (Lipinski definition) is 4. The van der Waals surface area contributed by atoms with Gasteiger partial charge in [0.2, 0.25) is 9.84 Å². The van der Waals surface area contributed by atoms with Crippen LogP contribution in [0.2, 0.25) is 0 Å². The third-order valence-electron chi connectivity index (χ3n) is 2.60. The second-order valence-corrected chi connectivity index (χ2v) is 6.78. The van der Waals surface area contributed by atoms with Crippen LogP contribution in [-0.4, -0.2) is 8.42 Å². The van der Waals surface area contributed by atoms with Crippen LogP contribution in [0.25, 0.3) is 6.08 Å². The van der Waals surface area contributed by atoms with Crippen LogP contribution >= 0.6 is 15.9 Å². The van der Waals surface area contributed by atoms with Crippen molar-refractivity contribution in [1.29, 1.82) is 5.26 Å². The molecule has 1 aromatic carbocycles. The SMILES string of the molecule is Cc1ccc(S(=O)(=O)C(C#N)=Cc2ccc(Br)o2)cc1. The number of nitrogens with zero attached hydrogens (tertiary/aromatic N) is 1. The summed E-state index contributed by atoms with van der Waals surface area (Å²) >= 11 is 3.12. The molecular weight excluding hydrogens is 342 g/mol. The Hall–Kier alpha value is -1.84. The Morgan fingerprint density at radius 1 is 1.25 bits per heavy atom. The Balaban J connectivity index is 2.48. The van der Waals surface area contributed by atoms with E-state index in [-0.39, 0.29) is 9.80 Å². The highest BCUT2D eigenvalue weighted by Gasteiger charge is 2.21. The highest BCUT2D eigenvalue weighted by atomic mass is 79.9. The monoisotopic (exact) mass is 351 g/mol. The highest BCUT2D eigenvalue weighted by Crippen LogP contribution is 2.23. The minimum absolute atomic E-state index is 0.0847. The van der Waals surface area contributed by atoms with E-state index in [2.05, 4.69) is 15.9 Å². The lowest BCUT2D eigenvalue weighted by molar-refractivity contribution is 0.531. The van der Waals surface area contributed by atoms with E-state index in [1.54, 1.807) is 30.3 Å². The van der Waals surface area contributed by atoms with Crippen molar-refractivity contribution in [2.75, 3.05) is 0 Å². The molecule has 4 nitrogen and oxygen atoms in total. The zero-order chi connectivity index (χ0) is 14.8. The van der Waals surface area contributed by atoms with E-state index in [1.807, 2.05) is 6.92 Å². The van der Waals surface area contributed by atoms with E-state index in [1.165, 1.54) is 18.2 Å². The van der Waals surface area contributed by atoms with Crippen molar-refractivity contribution in [3.63, 3.8) is 0 Å². The Labute approximate surface area is 125 Å². The quantitative estimate of drug-likeness (QED) is 0.790. The lowest BCUT2D eigenvalue weighted by Gasteiger charge is -2.02. The first-order chi connectivity index (χ1) is 9.43. The summed E-state index contributed by atoms with van der Waals surface area (Å²) in [6.45, 7) is 1.86. The van der Waals surface area contributed by atoms with Gasteiger partial charge in [0.25, 0.3) is 0 Å². The second kappa shape index (κ2) is 5.65. The third-order valence-corrected chi connectivity index (χ3v) is 4.71. The first-order valence-electron chi connectivity index (χ1n) is 5.62. The first kappa shape index (κ1) is 14.6. The average molecular weight is 352 g/mol. The molecular formula is C14H10BrNO3S. The molecule has 2 rings (SSSR count).